The largest absolute Gasteiger partial charge is 0.453 e. The number of esters is 1. The van der Waals surface area contributed by atoms with Crippen molar-refractivity contribution in [2.75, 3.05) is 0 Å². The number of aliphatic hydroxyl groups excluding tert-OH is 1. The third kappa shape index (κ3) is 5.82. The molecule has 0 saturated carbocycles. The van der Waals surface area contributed by atoms with Crippen molar-refractivity contribution in [3.8, 4) is 0 Å². The van der Waals surface area contributed by atoms with Crippen LogP contribution in [0.15, 0.2) is 72.8 Å². The molecular weight excluding hydrogens is 464 g/mol. The number of rotatable bonds is 6. The summed E-state index contributed by atoms with van der Waals surface area (Å²) in [5.41, 5.74) is 0.302. The van der Waals surface area contributed by atoms with Gasteiger partial charge in [0.25, 0.3) is 0 Å². The lowest BCUT2D eigenvalue weighted by molar-refractivity contribution is -0.137. The molecule has 3 nitrogen and oxygen atoms in total. The van der Waals surface area contributed by atoms with Crippen molar-refractivity contribution in [2.24, 2.45) is 5.92 Å². The summed E-state index contributed by atoms with van der Waals surface area (Å²) in [6.45, 7) is 1.65. The zero-order valence-corrected chi connectivity index (χ0v) is 18.3. The number of hydrogen-bond acceptors (Lipinski definition) is 3. The Hall–Kier alpha value is -2.54. The van der Waals surface area contributed by atoms with Gasteiger partial charge in [0.1, 0.15) is 6.10 Å². The summed E-state index contributed by atoms with van der Waals surface area (Å²) in [5, 5.41) is 11.8. The lowest BCUT2D eigenvalue weighted by Gasteiger charge is -2.29. The predicted octanol–water partition coefficient (Wildman–Crippen LogP) is 7.28. The molecule has 3 aromatic carbocycles. The molecule has 0 bridgehead atoms. The van der Waals surface area contributed by atoms with E-state index in [1.54, 1.807) is 43.3 Å². The van der Waals surface area contributed by atoms with Gasteiger partial charge in [0.15, 0.2) is 0 Å². The smallest absolute Gasteiger partial charge is 0.416 e. The molecule has 3 rings (SSSR count). The highest BCUT2D eigenvalue weighted by atomic mass is 35.5. The van der Waals surface area contributed by atoms with Gasteiger partial charge in [-0.15, -0.1) is 0 Å². The number of benzene rings is 3. The molecule has 0 aliphatic heterocycles. The quantitative estimate of drug-likeness (QED) is 0.375. The molecule has 32 heavy (non-hydrogen) atoms. The number of hydrogen-bond donors (Lipinski definition) is 1. The summed E-state index contributed by atoms with van der Waals surface area (Å²) in [7, 11) is 0. The maximum atomic E-state index is 12.9. The molecule has 0 radical (unpaired) electrons. The monoisotopic (exact) mass is 482 g/mol. The zero-order valence-electron chi connectivity index (χ0n) is 16.8. The number of halogens is 5. The number of alkyl halides is 3. The second-order valence-corrected chi connectivity index (χ2v) is 8.18. The van der Waals surface area contributed by atoms with Gasteiger partial charge in [-0.25, -0.2) is 4.79 Å². The van der Waals surface area contributed by atoms with E-state index in [4.69, 9.17) is 27.9 Å². The summed E-state index contributed by atoms with van der Waals surface area (Å²) in [4.78, 5) is 12.7. The topological polar surface area (TPSA) is 46.5 Å². The van der Waals surface area contributed by atoms with Crippen LogP contribution in [0, 0.1) is 5.92 Å². The van der Waals surface area contributed by atoms with Gasteiger partial charge in [0.05, 0.1) is 17.2 Å². The van der Waals surface area contributed by atoms with Crippen LogP contribution >= 0.6 is 23.2 Å². The van der Waals surface area contributed by atoms with E-state index in [1.807, 2.05) is 0 Å². The fourth-order valence-corrected chi connectivity index (χ4v) is 3.49. The maximum absolute atomic E-state index is 12.9. The first-order valence-corrected chi connectivity index (χ1v) is 10.4. The van der Waals surface area contributed by atoms with Gasteiger partial charge in [-0.2, -0.15) is 13.2 Å². The highest BCUT2D eigenvalue weighted by Crippen LogP contribution is 2.37. The molecule has 8 heteroatoms. The molecule has 0 fully saturated rings. The van der Waals surface area contributed by atoms with Crippen molar-refractivity contribution in [1.29, 1.82) is 0 Å². The normalized spacial score (nSPS) is 14.5. The molecule has 168 valence electrons. The molecule has 0 heterocycles. The van der Waals surface area contributed by atoms with Crippen LogP contribution in [0.25, 0.3) is 0 Å². The van der Waals surface area contributed by atoms with Gasteiger partial charge >= 0.3 is 12.1 Å². The summed E-state index contributed by atoms with van der Waals surface area (Å²) in [6, 6.07) is 16.9. The Morgan fingerprint density at radius 3 is 1.81 bits per heavy atom. The SMILES string of the molecule is C[C@@H]([C@H](O)c1ccc(C(F)(F)F)cc1)[C@H](OC(=O)c1ccc(Cl)cc1)c1ccc(Cl)cc1. The van der Waals surface area contributed by atoms with Crippen LogP contribution < -0.4 is 0 Å². The minimum atomic E-state index is -4.48. The average Bonchev–Trinajstić information content (AvgIpc) is 2.77. The van der Waals surface area contributed by atoms with Gasteiger partial charge in [-0.05, 0) is 59.7 Å². The Morgan fingerprint density at radius 2 is 1.31 bits per heavy atom. The number of carbonyl (C=O) groups is 1. The first-order valence-electron chi connectivity index (χ1n) is 9.63. The summed E-state index contributed by atoms with van der Waals surface area (Å²) < 4.78 is 44.3. The molecule has 0 saturated heterocycles. The van der Waals surface area contributed by atoms with Crippen molar-refractivity contribution in [3.05, 3.63) is 105 Å². The second kappa shape index (κ2) is 9.94. The molecule has 1 N–H and O–H groups in total. The Balaban J connectivity index is 1.88. The molecular formula is C24H19Cl2F3O3. The van der Waals surface area contributed by atoms with Crippen molar-refractivity contribution >= 4 is 29.2 Å². The van der Waals surface area contributed by atoms with E-state index in [0.717, 1.165) is 12.1 Å². The van der Waals surface area contributed by atoms with Gasteiger partial charge in [0, 0.05) is 16.0 Å². The number of aliphatic hydroxyl groups is 1. The Bertz CT molecular complexity index is 1050. The van der Waals surface area contributed by atoms with Crippen LogP contribution in [0.5, 0.6) is 0 Å². The number of ether oxygens (including phenoxy) is 1. The van der Waals surface area contributed by atoms with E-state index < -0.39 is 35.8 Å². The van der Waals surface area contributed by atoms with Crippen molar-refractivity contribution in [2.45, 2.75) is 25.3 Å². The van der Waals surface area contributed by atoms with E-state index in [0.29, 0.717) is 15.6 Å². The molecule has 0 aliphatic carbocycles. The van der Waals surface area contributed by atoms with Crippen LogP contribution in [0.4, 0.5) is 13.2 Å². The lowest BCUT2D eigenvalue weighted by Crippen LogP contribution is -2.23. The summed E-state index contributed by atoms with van der Waals surface area (Å²) in [6.07, 6.45) is -6.57. The van der Waals surface area contributed by atoms with E-state index in [1.165, 1.54) is 24.3 Å². The molecule has 0 unspecified atom stereocenters. The molecule has 3 aromatic rings. The summed E-state index contributed by atoms with van der Waals surface area (Å²) >= 11 is 11.8. The Morgan fingerprint density at radius 1 is 0.844 bits per heavy atom. The van der Waals surface area contributed by atoms with Crippen LogP contribution in [-0.4, -0.2) is 11.1 Å². The maximum Gasteiger partial charge on any atom is 0.416 e. The number of carbonyl (C=O) groups excluding carboxylic acids is 1. The van der Waals surface area contributed by atoms with Crippen LogP contribution in [-0.2, 0) is 10.9 Å². The first-order chi connectivity index (χ1) is 15.1. The van der Waals surface area contributed by atoms with Crippen molar-refractivity contribution in [3.63, 3.8) is 0 Å². The van der Waals surface area contributed by atoms with Gasteiger partial charge in [-0.1, -0.05) is 54.4 Å². The highest BCUT2D eigenvalue weighted by molar-refractivity contribution is 6.30. The van der Waals surface area contributed by atoms with Gasteiger partial charge in [0.2, 0.25) is 0 Å². The van der Waals surface area contributed by atoms with E-state index in [9.17, 15) is 23.1 Å². The predicted molar refractivity (Wildman–Crippen MR) is 117 cm³/mol. The molecule has 0 amide bonds. The standard InChI is InChI=1S/C24H19Cl2F3O3/c1-14(21(30)15-2-8-18(9-3-15)24(27,28)29)22(16-4-10-19(25)11-5-16)32-23(31)17-6-12-20(26)13-7-17/h2-14,21-22,30H,1H3/t14-,21-,22-/m0/s1. The average molecular weight is 483 g/mol. The molecule has 0 spiro atoms. The third-order valence-electron chi connectivity index (χ3n) is 5.07. The van der Waals surface area contributed by atoms with E-state index >= 15 is 0 Å². The van der Waals surface area contributed by atoms with E-state index in [2.05, 4.69) is 0 Å². The fraction of sp³-hybridized carbons (Fsp3) is 0.208. The van der Waals surface area contributed by atoms with Crippen molar-refractivity contribution < 1.29 is 27.8 Å². The lowest BCUT2D eigenvalue weighted by atomic mass is 9.88. The molecule has 0 aliphatic rings. The van der Waals surface area contributed by atoms with E-state index in [-0.39, 0.29) is 11.1 Å². The first kappa shape index (κ1) is 24.1. The fourth-order valence-electron chi connectivity index (χ4n) is 3.24. The Kier molecular flexibility index (Phi) is 7.49. The summed E-state index contributed by atoms with van der Waals surface area (Å²) in [5.74, 6) is -1.32. The third-order valence-corrected chi connectivity index (χ3v) is 5.57. The minimum absolute atomic E-state index is 0.268. The van der Waals surface area contributed by atoms with Crippen LogP contribution in [0.1, 0.15) is 46.2 Å². The van der Waals surface area contributed by atoms with Gasteiger partial charge < -0.3 is 9.84 Å². The minimum Gasteiger partial charge on any atom is -0.453 e. The van der Waals surface area contributed by atoms with Gasteiger partial charge in [-0.3, -0.25) is 0 Å². The van der Waals surface area contributed by atoms with Crippen LogP contribution in [0.3, 0.4) is 0 Å². The zero-order chi connectivity index (χ0) is 23.5. The van der Waals surface area contributed by atoms with Crippen LogP contribution in [0.2, 0.25) is 10.0 Å². The molecule has 0 aromatic heterocycles. The van der Waals surface area contributed by atoms with Crippen molar-refractivity contribution in [1.82, 2.24) is 0 Å². The molecule has 3 atom stereocenters. The Labute approximate surface area is 193 Å². The highest BCUT2D eigenvalue weighted by Gasteiger charge is 2.33. The second-order valence-electron chi connectivity index (χ2n) is 7.31.